The van der Waals surface area contributed by atoms with Crippen molar-refractivity contribution in [3.8, 4) is 0 Å². The lowest BCUT2D eigenvalue weighted by Gasteiger charge is -2.47. The van der Waals surface area contributed by atoms with E-state index in [0.29, 0.717) is 83.4 Å². The van der Waals surface area contributed by atoms with E-state index >= 15 is 0 Å². The second-order valence-electron chi connectivity index (χ2n) is 25.5. The van der Waals surface area contributed by atoms with E-state index in [1.165, 1.54) is 33.1 Å². The summed E-state index contributed by atoms with van der Waals surface area (Å²) in [7, 11) is 0. The van der Waals surface area contributed by atoms with Gasteiger partial charge in [0.25, 0.3) is 0 Å². The number of benzene rings is 6. The molecule has 8 aromatic rings. The van der Waals surface area contributed by atoms with Crippen LogP contribution in [0, 0.1) is 5.41 Å². The molecule has 1 aliphatic heterocycles. The average Bonchev–Trinajstić information content (AvgIpc) is 3.04. The maximum atomic E-state index is 13.8. The predicted octanol–water partition coefficient (Wildman–Crippen LogP) is 16.7. The third-order valence-corrected chi connectivity index (χ3v) is 19.7. The Morgan fingerprint density at radius 1 is 0.464 bits per heavy atom. The molecule has 2 aromatic heterocycles. The first-order valence-corrected chi connectivity index (χ1v) is 31.5. The minimum Gasteiger partial charge on any atom is -0.456 e. The van der Waals surface area contributed by atoms with Crippen LogP contribution < -0.4 is 10.9 Å². The first-order valence-electron chi connectivity index (χ1n) is 29.0. The highest BCUT2D eigenvalue weighted by molar-refractivity contribution is 7.99. The molecule has 3 heterocycles. The number of carbonyl (C=O) groups is 3. The minimum absolute atomic E-state index is 0.115. The van der Waals surface area contributed by atoms with E-state index in [-0.39, 0.29) is 36.1 Å². The van der Waals surface area contributed by atoms with Gasteiger partial charge >= 0.3 is 17.9 Å². The summed E-state index contributed by atoms with van der Waals surface area (Å²) in [5.74, 6) is -1.41. The number of fused-ring (bicyclic) bond motifs is 6. The van der Waals surface area contributed by atoms with Gasteiger partial charge < -0.3 is 28.4 Å². The number of esters is 3. The van der Waals surface area contributed by atoms with Crippen LogP contribution in [-0.4, -0.2) is 71.8 Å². The van der Waals surface area contributed by atoms with E-state index in [0.717, 1.165) is 35.7 Å². The molecule has 0 aliphatic carbocycles. The van der Waals surface area contributed by atoms with Crippen molar-refractivity contribution in [3.63, 3.8) is 0 Å². The van der Waals surface area contributed by atoms with Crippen LogP contribution in [0.15, 0.2) is 147 Å². The Morgan fingerprint density at radius 2 is 0.869 bits per heavy atom. The fourth-order valence-corrected chi connectivity index (χ4v) is 14.6. The van der Waals surface area contributed by atoms with Crippen molar-refractivity contribution >= 4 is 92.7 Å². The van der Waals surface area contributed by atoms with E-state index in [1.54, 1.807) is 36.0 Å². The molecule has 11 nitrogen and oxygen atoms in total. The van der Waals surface area contributed by atoms with Crippen LogP contribution in [0.5, 0.6) is 0 Å². The van der Waals surface area contributed by atoms with Gasteiger partial charge in [-0.15, -0.1) is 22.7 Å². The first-order chi connectivity index (χ1) is 39.6. The molecule has 0 saturated heterocycles. The summed E-state index contributed by atoms with van der Waals surface area (Å²) < 4.78 is 42.2. The van der Waals surface area contributed by atoms with Crippen LogP contribution in [0.4, 0.5) is 0 Å². The quantitative estimate of drug-likeness (QED) is 0.0323. The average molecular weight is 1190 g/mol. The van der Waals surface area contributed by atoms with Gasteiger partial charge in [0.1, 0.15) is 16.8 Å². The molecular formula is C70H78O11S3. The fraction of sp³-hybridized carbons (Fsp3) is 0.414. The molecule has 0 fully saturated rings. The second-order valence-corrected chi connectivity index (χ2v) is 28.7. The summed E-state index contributed by atoms with van der Waals surface area (Å²) in [4.78, 5) is 70.4. The van der Waals surface area contributed by atoms with Crippen LogP contribution in [0.2, 0.25) is 0 Å². The summed E-state index contributed by atoms with van der Waals surface area (Å²) in [5, 5.41) is 2.21. The minimum atomic E-state index is -0.905. The smallest absolute Gasteiger partial charge is 0.338 e. The summed E-state index contributed by atoms with van der Waals surface area (Å²) in [5.41, 5.74) is -1.29. The molecule has 442 valence electrons. The van der Waals surface area contributed by atoms with Crippen molar-refractivity contribution in [3.05, 3.63) is 176 Å². The lowest BCUT2D eigenvalue weighted by Crippen LogP contribution is -2.47. The number of hydrogen-bond donors (Lipinski definition) is 0. The number of carbonyl (C=O) groups excluding carboxylic acids is 3. The molecule has 1 unspecified atom stereocenters. The molecule has 0 N–H and O–H groups in total. The second kappa shape index (κ2) is 25.0. The Labute approximate surface area is 505 Å². The lowest BCUT2D eigenvalue weighted by atomic mass is 9.66. The molecule has 84 heavy (non-hydrogen) atoms. The third kappa shape index (κ3) is 14.9. The van der Waals surface area contributed by atoms with Crippen molar-refractivity contribution in [2.75, 3.05) is 19.8 Å². The van der Waals surface area contributed by atoms with Gasteiger partial charge in [0.15, 0.2) is 10.9 Å². The molecule has 0 bridgehead atoms. The molecular weight excluding hydrogens is 1110 g/mol. The van der Waals surface area contributed by atoms with Crippen LogP contribution in [0.25, 0.3) is 40.3 Å². The topological polar surface area (TPSA) is 141 Å². The molecule has 6 aromatic carbocycles. The van der Waals surface area contributed by atoms with Gasteiger partial charge in [-0.05, 0) is 198 Å². The van der Waals surface area contributed by atoms with E-state index in [2.05, 4.69) is 53.7 Å². The molecule has 14 heteroatoms. The maximum absolute atomic E-state index is 13.8. The van der Waals surface area contributed by atoms with E-state index in [9.17, 15) is 24.0 Å². The Bertz CT molecular complexity index is 3710. The van der Waals surface area contributed by atoms with Crippen LogP contribution in [-0.2, 0) is 34.8 Å². The van der Waals surface area contributed by atoms with E-state index < -0.39 is 45.4 Å². The standard InChI is InChI=1S/C70H78O11S3/c1-13-70(44(2)76-35-32-65(3,4)79-62(73)46-26-29-55-49(39-46)38-45-20-14-17-23-54(45)82-55,42-68(9,10)77-36-33-66(5,6)80-63(74)47-27-30-58-52(40-47)60(71)50-21-15-18-24-56(50)83-58)43-69(11,12)78-37-34-67(7,8)81-64(75)48-28-31-59-53(41-48)61(72)51-22-16-19-25-57(51)84-59/h14-31,39-41,44H,13,32-38,42-43H2,1-12H3. The van der Waals surface area contributed by atoms with Crippen LogP contribution >= 0.6 is 34.4 Å². The van der Waals surface area contributed by atoms with E-state index in [1.807, 2.05) is 133 Å². The molecule has 0 spiro atoms. The van der Waals surface area contributed by atoms with Gasteiger partial charge in [-0.2, -0.15) is 0 Å². The summed E-state index contributed by atoms with van der Waals surface area (Å²) in [6.45, 7) is 24.7. The molecule has 0 radical (unpaired) electrons. The SMILES string of the molecule is CCC(CC(C)(C)OCCC(C)(C)OC(=O)c1ccc2sc3ccccc3c(=O)c2c1)(CC(C)(C)OCCC(C)(C)OC(=O)c1ccc2sc3ccccc3c(=O)c2c1)C(C)OCCC(C)(C)OC(=O)c1ccc2c(c1)Cc1ccccc1S2. The maximum Gasteiger partial charge on any atom is 0.338 e. The van der Waals surface area contributed by atoms with Crippen LogP contribution in [0.3, 0.4) is 0 Å². The van der Waals surface area contributed by atoms with Crippen molar-refractivity contribution in [1.29, 1.82) is 0 Å². The summed E-state index contributed by atoms with van der Waals surface area (Å²) in [6, 6.07) is 39.5. The molecule has 0 amide bonds. The molecule has 0 saturated carbocycles. The van der Waals surface area contributed by atoms with Crippen LogP contribution in [0.1, 0.15) is 164 Å². The lowest BCUT2D eigenvalue weighted by molar-refractivity contribution is -0.144. The van der Waals surface area contributed by atoms with Gasteiger partial charge in [0, 0.05) is 74.8 Å². The Balaban J connectivity index is 0.851. The zero-order chi connectivity index (χ0) is 60.4. The predicted molar refractivity (Wildman–Crippen MR) is 341 cm³/mol. The largest absolute Gasteiger partial charge is 0.456 e. The highest BCUT2D eigenvalue weighted by Gasteiger charge is 2.45. The van der Waals surface area contributed by atoms with Gasteiger partial charge in [0.2, 0.25) is 0 Å². The zero-order valence-corrected chi connectivity index (χ0v) is 52.9. The van der Waals surface area contributed by atoms with Crippen molar-refractivity contribution in [2.24, 2.45) is 5.41 Å². The van der Waals surface area contributed by atoms with Crippen molar-refractivity contribution in [2.45, 2.75) is 172 Å². The van der Waals surface area contributed by atoms with Gasteiger partial charge in [-0.1, -0.05) is 61.2 Å². The van der Waals surface area contributed by atoms with Gasteiger partial charge in [-0.25, -0.2) is 14.4 Å². The first kappa shape index (κ1) is 62.3. The highest BCUT2D eigenvalue weighted by Crippen LogP contribution is 2.46. The normalized spacial score (nSPS) is 13.7. The van der Waals surface area contributed by atoms with Crippen molar-refractivity contribution < 1.29 is 42.8 Å². The Kier molecular flexibility index (Phi) is 18.5. The monoisotopic (exact) mass is 1190 g/mol. The summed E-state index contributed by atoms with van der Waals surface area (Å²) in [6.07, 6.45) is 3.55. The fourth-order valence-electron chi connectivity index (χ4n) is 11.4. The van der Waals surface area contributed by atoms with Gasteiger partial charge in [-0.3, -0.25) is 9.59 Å². The number of rotatable bonds is 24. The number of ether oxygens (including phenoxy) is 6. The van der Waals surface area contributed by atoms with Crippen molar-refractivity contribution in [1.82, 2.24) is 0 Å². The Hall–Kier alpha value is -6.26. The third-order valence-electron chi connectivity index (χ3n) is 16.2. The van der Waals surface area contributed by atoms with Gasteiger partial charge in [0.05, 0.1) is 53.8 Å². The molecule has 9 rings (SSSR count). The summed E-state index contributed by atoms with van der Waals surface area (Å²) >= 11 is 4.75. The molecule has 1 aliphatic rings. The zero-order valence-electron chi connectivity index (χ0n) is 50.5. The Morgan fingerprint density at radius 3 is 1.36 bits per heavy atom. The molecule has 1 atom stereocenters. The number of hydrogen-bond acceptors (Lipinski definition) is 14. The van der Waals surface area contributed by atoms with E-state index in [4.69, 9.17) is 28.4 Å². The highest BCUT2D eigenvalue weighted by atomic mass is 32.2.